The third-order valence-electron chi connectivity index (χ3n) is 1.58. The summed E-state index contributed by atoms with van der Waals surface area (Å²) in [7, 11) is -6.32. The van der Waals surface area contributed by atoms with Crippen LogP contribution in [0.2, 0.25) is 0 Å². The Morgan fingerprint density at radius 1 is 1.20 bits per heavy atom. The Balaban J connectivity index is 0. The maximum atomic E-state index is 12.6. The van der Waals surface area contributed by atoms with Gasteiger partial charge in [-0.15, -0.1) is 0 Å². The number of hydrogen-bond donors (Lipinski definition) is 0. The normalized spacial score (nSPS) is 13.5. The first-order valence-corrected chi connectivity index (χ1v) is 5.18. The molecule has 0 N–H and O–H groups in total. The molecule has 0 atom stereocenters. The van der Waals surface area contributed by atoms with Gasteiger partial charge in [0.15, 0.2) is 10.1 Å². The predicted octanol–water partition coefficient (Wildman–Crippen LogP) is -1.05. The van der Waals surface area contributed by atoms with Gasteiger partial charge in [0.1, 0.15) is 0 Å². The first-order valence-electron chi connectivity index (χ1n) is 3.77. The van der Waals surface area contributed by atoms with Crippen molar-refractivity contribution in [2.75, 3.05) is 0 Å². The summed E-state index contributed by atoms with van der Waals surface area (Å²) in [5, 5.41) is -5.53. The van der Waals surface area contributed by atoms with E-state index in [1.165, 1.54) is 6.92 Å². The van der Waals surface area contributed by atoms with Crippen molar-refractivity contribution in [3.63, 3.8) is 0 Å². The maximum absolute atomic E-state index is 12.6. The van der Waals surface area contributed by atoms with E-state index < -0.39 is 27.7 Å². The monoisotopic (exact) mass is 244 g/mol. The van der Waals surface area contributed by atoms with Gasteiger partial charge in [-0.25, -0.2) is 8.42 Å². The molecule has 0 bridgehead atoms. The number of unbranched alkanes of at least 4 members (excludes halogenated alkanes) is 1. The van der Waals surface area contributed by atoms with Crippen LogP contribution in [0.1, 0.15) is 26.2 Å². The zero-order valence-electron chi connectivity index (χ0n) is 8.27. The standard InChI is InChI=1S/C6H10F4O3S.Li/c1-2-3-4-5(7,8)6(9,10)14(11,12)13;/h2-4H2,1H3,(H,11,12,13);/q;+1/p-1. The SMILES string of the molecule is CCCCC(F)(F)C(F)(F)S(=O)(=O)[O-].[Li+]. The Morgan fingerprint density at radius 3 is 1.87 bits per heavy atom. The summed E-state index contributed by atoms with van der Waals surface area (Å²) in [6, 6.07) is 0. The Labute approximate surface area is 97.2 Å². The van der Waals surface area contributed by atoms with Gasteiger partial charge in [-0.1, -0.05) is 13.3 Å². The van der Waals surface area contributed by atoms with Crippen molar-refractivity contribution >= 4 is 10.1 Å². The molecule has 0 spiro atoms. The van der Waals surface area contributed by atoms with Crippen molar-refractivity contribution in [2.45, 2.75) is 37.4 Å². The van der Waals surface area contributed by atoms with Gasteiger partial charge in [-0.2, -0.15) is 17.6 Å². The molecule has 0 amide bonds. The fourth-order valence-corrected chi connectivity index (χ4v) is 1.20. The molecule has 15 heavy (non-hydrogen) atoms. The van der Waals surface area contributed by atoms with Crippen LogP contribution in [0.15, 0.2) is 0 Å². The molecule has 86 valence electrons. The number of hydrogen-bond acceptors (Lipinski definition) is 3. The summed E-state index contributed by atoms with van der Waals surface area (Å²) < 4.78 is 79.5. The average molecular weight is 244 g/mol. The van der Waals surface area contributed by atoms with E-state index in [2.05, 4.69) is 0 Å². The van der Waals surface area contributed by atoms with Crippen LogP contribution in [0.25, 0.3) is 0 Å². The van der Waals surface area contributed by atoms with Gasteiger partial charge in [-0.05, 0) is 6.42 Å². The van der Waals surface area contributed by atoms with Crippen LogP contribution in [-0.2, 0) is 10.1 Å². The van der Waals surface area contributed by atoms with Crippen LogP contribution >= 0.6 is 0 Å². The molecule has 9 heteroatoms. The minimum atomic E-state index is -6.32. The van der Waals surface area contributed by atoms with Crippen molar-refractivity contribution in [1.82, 2.24) is 0 Å². The first-order chi connectivity index (χ1) is 6.06. The molecule has 0 fully saturated rings. The summed E-state index contributed by atoms with van der Waals surface area (Å²) in [5.74, 6) is -4.80. The van der Waals surface area contributed by atoms with E-state index >= 15 is 0 Å². The van der Waals surface area contributed by atoms with Gasteiger partial charge < -0.3 is 4.55 Å². The molecule has 0 aromatic carbocycles. The second-order valence-corrected chi connectivity index (χ2v) is 4.20. The van der Waals surface area contributed by atoms with Gasteiger partial charge in [0.25, 0.3) is 0 Å². The summed E-state index contributed by atoms with van der Waals surface area (Å²) in [5.41, 5.74) is 0. The maximum Gasteiger partial charge on any atom is 1.00 e. The topological polar surface area (TPSA) is 57.2 Å². The summed E-state index contributed by atoms with van der Waals surface area (Å²) >= 11 is 0. The Morgan fingerprint density at radius 2 is 1.60 bits per heavy atom. The fraction of sp³-hybridized carbons (Fsp3) is 1.00. The van der Waals surface area contributed by atoms with Crippen LogP contribution in [0, 0.1) is 0 Å². The van der Waals surface area contributed by atoms with Gasteiger partial charge in [0, 0.05) is 6.42 Å². The van der Waals surface area contributed by atoms with Gasteiger partial charge in [0.2, 0.25) is 0 Å². The van der Waals surface area contributed by atoms with E-state index in [9.17, 15) is 30.5 Å². The molecule has 0 unspecified atom stereocenters. The molecule has 3 nitrogen and oxygen atoms in total. The molecule has 0 aromatic heterocycles. The van der Waals surface area contributed by atoms with E-state index in [0.717, 1.165) is 0 Å². The fourth-order valence-electron chi connectivity index (χ4n) is 0.727. The Bertz CT molecular complexity index is 291. The number of alkyl halides is 4. The van der Waals surface area contributed by atoms with Crippen LogP contribution in [0.5, 0.6) is 0 Å². The Hall–Kier alpha value is 0.227. The second kappa shape index (κ2) is 5.52. The predicted molar refractivity (Wildman–Crippen MR) is 39.1 cm³/mol. The summed E-state index contributed by atoms with van der Waals surface area (Å²) in [4.78, 5) is 0. The molecule has 0 radical (unpaired) electrons. The number of halogens is 4. The average Bonchev–Trinajstić information content (AvgIpc) is 1.98. The third-order valence-corrected chi connectivity index (χ3v) is 2.51. The van der Waals surface area contributed by atoms with Gasteiger partial charge in [-0.3, -0.25) is 0 Å². The molecule has 0 rings (SSSR count). The van der Waals surface area contributed by atoms with Gasteiger partial charge in [0.05, 0.1) is 0 Å². The van der Waals surface area contributed by atoms with Gasteiger partial charge >= 0.3 is 30.0 Å². The van der Waals surface area contributed by atoms with Crippen molar-refractivity contribution in [3.8, 4) is 0 Å². The van der Waals surface area contributed by atoms with Crippen molar-refractivity contribution in [3.05, 3.63) is 0 Å². The van der Waals surface area contributed by atoms with Crippen LogP contribution in [-0.4, -0.2) is 24.1 Å². The van der Waals surface area contributed by atoms with E-state index in [0.29, 0.717) is 0 Å². The summed E-state index contributed by atoms with van der Waals surface area (Å²) in [6.45, 7) is 1.47. The van der Waals surface area contributed by atoms with Crippen LogP contribution in [0.4, 0.5) is 17.6 Å². The largest absolute Gasteiger partial charge is 1.00 e. The molecular formula is C6H9F4LiO3S. The molecule has 0 saturated carbocycles. The zero-order valence-corrected chi connectivity index (χ0v) is 9.08. The second-order valence-electron chi connectivity index (χ2n) is 2.78. The molecule has 0 heterocycles. The zero-order chi connectivity index (χ0) is 11.6. The van der Waals surface area contributed by atoms with E-state index in [1.807, 2.05) is 0 Å². The van der Waals surface area contributed by atoms with E-state index in [-0.39, 0.29) is 31.7 Å². The van der Waals surface area contributed by atoms with E-state index in [1.54, 1.807) is 0 Å². The molecule has 0 aromatic rings. The minimum Gasteiger partial charge on any atom is -0.743 e. The van der Waals surface area contributed by atoms with Crippen LogP contribution < -0.4 is 18.9 Å². The molecule has 0 saturated heterocycles. The quantitative estimate of drug-likeness (QED) is 0.352. The van der Waals surface area contributed by atoms with E-state index in [4.69, 9.17) is 0 Å². The molecular weight excluding hydrogens is 235 g/mol. The van der Waals surface area contributed by atoms with Crippen molar-refractivity contribution in [1.29, 1.82) is 0 Å². The first kappa shape index (κ1) is 17.6. The Kier molecular flexibility index (Phi) is 6.49. The van der Waals surface area contributed by atoms with Crippen LogP contribution in [0.3, 0.4) is 0 Å². The molecule has 0 aliphatic carbocycles. The van der Waals surface area contributed by atoms with Crippen molar-refractivity contribution in [2.24, 2.45) is 0 Å². The third kappa shape index (κ3) is 3.94. The summed E-state index contributed by atoms with van der Waals surface area (Å²) in [6.07, 6.45) is -1.40. The molecule has 0 aliphatic rings. The smallest absolute Gasteiger partial charge is 0.743 e. The number of rotatable bonds is 5. The minimum absolute atomic E-state index is 0. The van der Waals surface area contributed by atoms with Crippen molar-refractivity contribution < 1.29 is 49.4 Å². The molecule has 0 aliphatic heterocycles.